The second kappa shape index (κ2) is 10.4. The van der Waals surface area contributed by atoms with E-state index in [2.05, 4.69) is 10.3 Å². The number of halogens is 1. The van der Waals surface area contributed by atoms with Gasteiger partial charge in [0.05, 0.1) is 11.3 Å². The lowest BCUT2D eigenvalue weighted by atomic mass is 10.1. The number of amides is 1. The third-order valence-electron chi connectivity index (χ3n) is 3.12. The van der Waals surface area contributed by atoms with Crippen LogP contribution in [0.3, 0.4) is 0 Å². The minimum atomic E-state index is -0.291. The molecule has 0 aliphatic carbocycles. The fraction of sp³-hybridized carbons (Fsp3) is 0.368. The number of carbonyl (C=O) groups excluding carboxylic acids is 1. The van der Waals surface area contributed by atoms with Gasteiger partial charge in [0, 0.05) is 19.0 Å². The first-order valence-corrected chi connectivity index (χ1v) is 8.38. The van der Waals surface area contributed by atoms with E-state index in [1.165, 1.54) is 12.1 Å². The van der Waals surface area contributed by atoms with Crippen molar-refractivity contribution in [2.45, 2.75) is 40.7 Å². The molecule has 1 aliphatic heterocycles. The van der Waals surface area contributed by atoms with Crippen LogP contribution in [0.5, 0.6) is 5.88 Å². The molecule has 0 unspecified atom stereocenters. The Hall–Kier alpha value is -2.43. The molecule has 0 saturated carbocycles. The van der Waals surface area contributed by atoms with Crippen molar-refractivity contribution in [1.29, 1.82) is 0 Å². The number of carbonyl (C=O) groups is 1. The molecule has 0 atom stereocenters. The average molecular weight is 332 g/mol. The van der Waals surface area contributed by atoms with Crippen molar-refractivity contribution in [2.24, 2.45) is 0 Å². The molecule has 2 aromatic rings. The topological polar surface area (TPSA) is 51.2 Å². The lowest BCUT2D eigenvalue weighted by Gasteiger charge is -2.16. The second-order valence-corrected chi connectivity index (χ2v) is 4.57. The summed E-state index contributed by atoms with van der Waals surface area (Å²) < 4.78 is 18.6. The van der Waals surface area contributed by atoms with Crippen LogP contribution in [0.2, 0.25) is 0 Å². The highest BCUT2D eigenvalue weighted by Gasteiger charge is 2.18. The summed E-state index contributed by atoms with van der Waals surface area (Å²) in [6.07, 6.45) is 0.693. The number of rotatable bonds is 3. The highest BCUT2D eigenvalue weighted by atomic mass is 19.1. The molecule has 0 radical (unpaired) electrons. The summed E-state index contributed by atoms with van der Waals surface area (Å²) in [7, 11) is 0. The van der Waals surface area contributed by atoms with Crippen LogP contribution in [0.25, 0.3) is 0 Å². The summed E-state index contributed by atoms with van der Waals surface area (Å²) in [5.41, 5.74) is 2.07. The minimum absolute atomic E-state index is 0.101. The Bertz CT molecular complexity index is 660. The van der Waals surface area contributed by atoms with E-state index in [4.69, 9.17) is 4.74 Å². The van der Waals surface area contributed by atoms with Gasteiger partial charge in [-0.2, -0.15) is 0 Å². The summed E-state index contributed by atoms with van der Waals surface area (Å²) in [6.45, 7) is 8.84. The molecule has 1 N–H and O–H groups in total. The fourth-order valence-corrected chi connectivity index (χ4v) is 2.13. The maximum absolute atomic E-state index is 13.0. The maximum atomic E-state index is 13.0. The van der Waals surface area contributed by atoms with Crippen molar-refractivity contribution in [1.82, 2.24) is 10.3 Å². The van der Waals surface area contributed by atoms with Gasteiger partial charge < -0.3 is 10.1 Å². The van der Waals surface area contributed by atoms with E-state index in [-0.39, 0.29) is 18.3 Å². The second-order valence-electron chi connectivity index (χ2n) is 4.57. The Balaban J connectivity index is 0.000000671. The summed E-state index contributed by atoms with van der Waals surface area (Å²) in [6, 6.07) is 9.60. The van der Waals surface area contributed by atoms with Crippen molar-refractivity contribution >= 4 is 5.91 Å². The van der Waals surface area contributed by atoms with Gasteiger partial charge in [-0.3, -0.25) is 4.79 Å². The van der Waals surface area contributed by atoms with E-state index in [0.717, 1.165) is 11.3 Å². The standard InChI is InChI=1S/C15H13FN2O2.2C2H6/c16-11-3-1-2-10(8-11)9-20-14-5-4-12-13(18-14)6-7-17-15(12)19;2*1-2/h1-5,8H,6-7,9H2,(H,17,19);2*1-2H3. The van der Waals surface area contributed by atoms with Gasteiger partial charge in [-0.1, -0.05) is 39.8 Å². The van der Waals surface area contributed by atoms with Crippen LogP contribution in [0.1, 0.15) is 49.3 Å². The highest BCUT2D eigenvalue weighted by molar-refractivity contribution is 5.96. The van der Waals surface area contributed by atoms with Crippen LogP contribution in [0.4, 0.5) is 4.39 Å². The lowest BCUT2D eigenvalue weighted by molar-refractivity contribution is 0.0944. The molecule has 0 fully saturated rings. The first kappa shape index (κ1) is 19.6. The normalized spacial score (nSPS) is 11.8. The summed E-state index contributed by atoms with van der Waals surface area (Å²) in [5.74, 6) is 0.0549. The molecular weight excluding hydrogens is 307 g/mol. The van der Waals surface area contributed by atoms with E-state index >= 15 is 0 Å². The van der Waals surface area contributed by atoms with Gasteiger partial charge in [0.1, 0.15) is 12.4 Å². The number of hydrogen-bond acceptors (Lipinski definition) is 3. The number of pyridine rings is 1. The molecule has 0 saturated heterocycles. The number of nitrogens with zero attached hydrogens (tertiary/aromatic N) is 1. The molecule has 1 aromatic carbocycles. The Morgan fingerprint density at radius 2 is 1.92 bits per heavy atom. The molecule has 1 aromatic heterocycles. The van der Waals surface area contributed by atoms with Crippen molar-refractivity contribution in [2.75, 3.05) is 6.54 Å². The Labute approximate surface area is 143 Å². The minimum Gasteiger partial charge on any atom is -0.473 e. The van der Waals surface area contributed by atoms with Gasteiger partial charge in [-0.25, -0.2) is 9.37 Å². The van der Waals surface area contributed by atoms with E-state index in [1.807, 2.05) is 27.7 Å². The fourth-order valence-electron chi connectivity index (χ4n) is 2.13. The summed E-state index contributed by atoms with van der Waals surface area (Å²) in [5, 5.41) is 2.76. The van der Waals surface area contributed by atoms with E-state index < -0.39 is 0 Å². The maximum Gasteiger partial charge on any atom is 0.253 e. The van der Waals surface area contributed by atoms with Crippen molar-refractivity contribution in [3.63, 3.8) is 0 Å². The first-order valence-electron chi connectivity index (χ1n) is 8.38. The van der Waals surface area contributed by atoms with E-state index in [9.17, 15) is 9.18 Å². The van der Waals surface area contributed by atoms with Crippen LogP contribution in [0.15, 0.2) is 36.4 Å². The number of benzene rings is 1. The summed E-state index contributed by atoms with van der Waals surface area (Å²) in [4.78, 5) is 15.9. The van der Waals surface area contributed by atoms with E-state index in [0.29, 0.717) is 24.4 Å². The van der Waals surface area contributed by atoms with Gasteiger partial charge in [0.15, 0.2) is 0 Å². The number of nitrogens with one attached hydrogen (secondary N) is 1. The van der Waals surface area contributed by atoms with E-state index in [1.54, 1.807) is 24.3 Å². The smallest absolute Gasteiger partial charge is 0.253 e. The third-order valence-corrected chi connectivity index (χ3v) is 3.12. The zero-order chi connectivity index (χ0) is 17.9. The van der Waals surface area contributed by atoms with Crippen molar-refractivity contribution < 1.29 is 13.9 Å². The third kappa shape index (κ3) is 5.33. The van der Waals surface area contributed by atoms with Crippen LogP contribution in [-0.2, 0) is 13.0 Å². The van der Waals surface area contributed by atoms with Gasteiger partial charge in [0.2, 0.25) is 5.88 Å². The van der Waals surface area contributed by atoms with Crippen LogP contribution >= 0.6 is 0 Å². The molecule has 0 spiro atoms. The quantitative estimate of drug-likeness (QED) is 0.919. The zero-order valence-corrected chi connectivity index (χ0v) is 14.7. The Kier molecular flexibility index (Phi) is 8.47. The van der Waals surface area contributed by atoms with Crippen LogP contribution < -0.4 is 10.1 Å². The van der Waals surface area contributed by atoms with Gasteiger partial charge in [-0.15, -0.1) is 0 Å². The molecule has 1 amide bonds. The molecule has 0 bridgehead atoms. The predicted molar refractivity (Wildman–Crippen MR) is 93.7 cm³/mol. The Morgan fingerprint density at radius 1 is 1.17 bits per heavy atom. The molecular formula is C19H25FN2O2. The van der Waals surface area contributed by atoms with Gasteiger partial charge in [-0.05, 0) is 23.8 Å². The lowest BCUT2D eigenvalue weighted by Crippen LogP contribution is -2.32. The van der Waals surface area contributed by atoms with Gasteiger partial charge in [0.25, 0.3) is 5.91 Å². The van der Waals surface area contributed by atoms with Crippen LogP contribution in [0, 0.1) is 5.82 Å². The Morgan fingerprint density at radius 3 is 2.62 bits per heavy atom. The number of fused-ring (bicyclic) bond motifs is 1. The highest BCUT2D eigenvalue weighted by Crippen LogP contribution is 2.17. The SMILES string of the molecule is CC.CC.O=C1NCCc2nc(OCc3cccc(F)c3)ccc21. The zero-order valence-electron chi connectivity index (χ0n) is 14.7. The molecule has 2 heterocycles. The molecule has 130 valence electrons. The van der Waals surface area contributed by atoms with Crippen molar-refractivity contribution in [3.05, 3.63) is 59.0 Å². The monoisotopic (exact) mass is 332 g/mol. The number of ether oxygens (including phenoxy) is 1. The number of hydrogen-bond donors (Lipinski definition) is 1. The summed E-state index contributed by atoms with van der Waals surface area (Å²) >= 11 is 0. The molecule has 24 heavy (non-hydrogen) atoms. The number of aromatic nitrogens is 1. The molecule has 1 aliphatic rings. The van der Waals surface area contributed by atoms with Crippen molar-refractivity contribution in [3.8, 4) is 5.88 Å². The average Bonchev–Trinajstić information content (AvgIpc) is 2.64. The van der Waals surface area contributed by atoms with Crippen LogP contribution in [-0.4, -0.2) is 17.4 Å². The molecule has 3 rings (SSSR count). The largest absolute Gasteiger partial charge is 0.473 e. The molecule has 4 nitrogen and oxygen atoms in total. The first-order chi connectivity index (χ1) is 11.7. The molecule has 5 heteroatoms. The predicted octanol–water partition coefficient (Wildman–Crippen LogP) is 4.14. The van der Waals surface area contributed by atoms with Gasteiger partial charge >= 0.3 is 0 Å².